The summed E-state index contributed by atoms with van der Waals surface area (Å²) in [5.41, 5.74) is 8.97. The number of hydrogen-bond donors (Lipinski definition) is 2. The quantitative estimate of drug-likeness (QED) is 0.895. The molecular formula is C14H21N5O. The minimum atomic E-state index is 0.220. The zero-order valence-electron chi connectivity index (χ0n) is 12.1. The van der Waals surface area contributed by atoms with E-state index in [1.807, 2.05) is 16.9 Å². The third kappa shape index (κ3) is 2.76. The van der Waals surface area contributed by atoms with Gasteiger partial charge in [0.15, 0.2) is 0 Å². The molecule has 6 nitrogen and oxygen atoms in total. The van der Waals surface area contributed by atoms with E-state index in [2.05, 4.69) is 41.9 Å². The average Bonchev–Trinajstić information content (AvgIpc) is 3.08. The van der Waals surface area contributed by atoms with Gasteiger partial charge in [-0.3, -0.25) is 5.43 Å². The van der Waals surface area contributed by atoms with Gasteiger partial charge in [0.25, 0.3) is 0 Å². The maximum atomic E-state index is 5.06. The normalized spacial score (nSPS) is 23.4. The summed E-state index contributed by atoms with van der Waals surface area (Å²) in [6, 6.07) is 2.59. The second-order valence-electron chi connectivity index (χ2n) is 6.47. The molecule has 0 aromatic carbocycles. The Morgan fingerprint density at radius 2 is 2.25 bits per heavy atom. The van der Waals surface area contributed by atoms with Crippen LogP contribution in [0.1, 0.15) is 44.5 Å². The molecule has 0 spiro atoms. The second-order valence-corrected chi connectivity index (χ2v) is 6.47. The SMILES string of the molecule is CC(C)(C)C1CC(c2cn(Cc3ccoc3)nn2)NN1. The Morgan fingerprint density at radius 1 is 1.40 bits per heavy atom. The van der Waals surface area contributed by atoms with Crippen molar-refractivity contribution < 1.29 is 4.42 Å². The second kappa shape index (κ2) is 5.03. The van der Waals surface area contributed by atoms with Crippen molar-refractivity contribution in [1.82, 2.24) is 25.8 Å². The molecule has 1 fully saturated rings. The van der Waals surface area contributed by atoms with Crippen LogP contribution < -0.4 is 10.9 Å². The highest BCUT2D eigenvalue weighted by molar-refractivity contribution is 5.09. The van der Waals surface area contributed by atoms with Crippen molar-refractivity contribution >= 4 is 0 Å². The van der Waals surface area contributed by atoms with E-state index >= 15 is 0 Å². The van der Waals surface area contributed by atoms with Crippen LogP contribution in [0, 0.1) is 5.41 Å². The van der Waals surface area contributed by atoms with E-state index in [-0.39, 0.29) is 11.5 Å². The van der Waals surface area contributed by atoms with Gasteiger partial charge in [-0.1, -0.05) is 26.0 Å². The number of aromatic nitrogens is 3. The van der Waals surface area contributed by atoms with E-state index in [1.165, 1.54) is 0 Å². The molecule has 1 saturated heterocycles. The first kappa shape index (κ1) is 13.3. The van der Waals surface area contributed by atoms with Crippen molar-refractivity contribution in [2.75, 3.05) is 0 Å². The van der Waals surface area contributed by atoms with Crippen LogP contribution in [0.15, 0.2) is 29.2 Å². The summed E-state index contributed by atoms with van der Waals surface area (Å²) in [5, 5.41) is 8.46. The van der Waals surface area contributed by atoms with Crippen LogP contribution in [-0.2, 0) is 6.54 Å². The lowest BCUT2D eigenvalue weighted by atomic mass is 9.84. The van der Waals surface area contributed by atoms with Crippen LogP contribution in [-0.4, -0.2) is 21.0 Å². The molecule has 2 unspecified atom stereocenters. The Bertz CT molecular complexity index is 554. The van der Waals surface area contributed by atoms with Gasteiger partial charge in [-0.15, -0.1) is 5.10 Å². The zero-order valence-corrected chi connectivity index (χ0v) is 12.1. The fourth-order valence-corrected chi connectivity index (χ4v) is 2.44. The number of hydrogen-bond acceptors (Lipinski definition) is 5. The molecule has 6 heteroatoms. The van der Waals surface area contributed by atoms with E-state index in [9.17, 15) is 0 Å². The number of hydrazine groups is 1. The molecule has 2 aromatic heterocycles. The molecule has 0 bridgehead atoms. The highest BCUT2D eigenvalue weighted by atomic mass is 16.3. The summed E-state index contributed by atoms with van der Waals surface area (Å²) in [6.45, 7) is 7.41. The third-order valence-electron chi connectivity index (χ3n) is 3.79. The maximum Gasteiger partial charge on any atom is 0.101 e. The predicted molar refractivity (Wildman–Crippen MR) is 74.7 cm³/mol. The molecule has 0 saturated carbocycles. The largest absolute Gasteiger partial charge is 0.472 e. The molecule has 2 N–H and O–H groups in total. The van der Waals surface area contributed by atoms with Crippen LogP contribution in [0.25, 0.3) is 0 Å². The number of furan rings is 1. The fraction of sp³-hybridized carbons (Fsp3) is 0.571. The Morgan fingerprint density at radius 3 is 2.90 bits per heavy atom. The van der Waals surface area contributed by atoms with Crippen molar-refractivity contribution in [2.45, 2.75) is 45.8 Å². The minimum Gasteiger partial charge on any atom is -0.472 e. The first-order valence-corrected chi connectivity index (χ1v) is 6.94. The highest BCUT2D eigenvalue weighted by Crippen LogP contribution is 2.30. The Balaban J connectivity index is 1.66. The van der Waals surface area contributed by atoms with Crippen molar-refractivity contribution in [3.05, 3.63) is 36.0 Å². The van der Waals surface area contributed by atoms with Gasteiger partial charge in [-0.25, -0.2) is 10.1 Å². The van der Waals surface area contributed by atoms with Crippen LogP contribution in [0.5, 0.6) is 0 Å². The number of nitrogens with zero attached hydrogens (tertiary/aromatic N) is 3. The molecule has 3 heterocycles. The Kier molecular flexibility index (Phi) is 3.35. The molecule has 0 radical (unpaired) electrons. The zero-order chi connectivity index (χ0) is 14.2. The Labute approximate surface area is 118 Å². The number of rotatable bonds is 3. The van der Waals surface area contributed by atoms with E-state index < -0.39 is 0 Å². The molecule has 3 rings (SSSR count). The first-order chi connectivity index (χ1) is 9.52. The summed E-state index contributed by atoms with van der Waals surface area (Å²) < 4.78 is 6.90. The smallest absolute Gasteiger partial charge is 0.101 e. The van der Waals surface area contributed by atoms with Crippen molar-refractivity contribution in [3.8, 4) is 0 Å². The lowest BCUT2D eigenvalue weighted by Gasteiger charge is -2.25. The molecular weight excluding hydrogens is 254 g/mol. The third-order valence-corrected chi connectivity index (χ3v) is 3.79. The van der Waals surface area contributed by atoms with Crippen LogP contribution in [0.2, 0.25) is 0 Å². The molecule has 0 aliphatic carbocycles. The van der Waals surface area contributed by atoms with Gasteiger partial charge < -0.3 is 4.42 Å². The molecule has 1 aliphatic rings. The predicted octanol–water partition coefficient (Wildman–Crippen LogP) is 1.87. The average molecular weight is 275 g/mol. The molecule has 2 aromatic rings. The molecule has 108 valence electrons. The molecule has 20 heavy (non-hydrogen) atoms. The van der Waals surface area contributed by atoms with Crippen LogP contribution >= 0.6 is 0 Å². The van der Waals surface area contributed by atoms with E-state index in [1.54, 1.807) is 12.5 Å². The maximum absolute atomic E-state index is 5.06. The van der Waals surface area contributed by atoms with Crippen LogP contribution in [0.4, 0.5) is 0 Å². The summed E-state index contributed by atoms with van der Waals surface area (Å²) >= 11 is 0. The summed E-state index contributed by atoms with van der Waals surface area (Å²) in [4.78, 5) is 0. The van der Waals surface area contributed by atoms with E-state index in [0.717, 1.165) is 17.7 Å². The fourth-order valence-electron chi connectivity index (χ4n) is 2.44. The number of nitrogens with one attached hydrogen (secondary N) is 2. The molecule has 1 aliphatic heterocycles. The van der Waals surface area contributed by atoms with Gasteiger partial charge in [-0.2, -0.15) is 0 Å². The molecule has 2 atom stereocenters. The highest BCUT2D eigenvalue weighted by Gasteiger charge is 2.34. The van der Waals surface area contributed by atoms with E-state index in [0.29, 0.717) is 12.6 Å². The lowest BCUT2D eigenvalue weighted by molar-refractivity contribution is 0.286. The summed E-state index contributed by atoms with van der Waals surface area (Å²) in [5.74, 6) is 0. The first-order valence-electron chi connectivity index (χ1n) is 6.94. The minimum absolute atomic E-state index is 0.220. The topological polar surface area (TPSA) is 67.9 Å². The lowest BCUT2D eigenvalue weighted by Crippen LogP contribution is -2.39. The van der Waals surface area contributed by atoms with Crippen molar-refractivity contribution in [2.24, 2.45) is 5.41 Å². The van der Waals surface area contributed by atoms with Gasteiger partial charge in [0, 0.05) is 11.6 Å². The summed E-state index contributed by atoms with van der Waals surface area (Å²) in [7, 11) is 0. The van der Waals surface area contributed by atoms with Gasteiger partial charge in [0.1, 0.15) is 5.69 Å². The van der Waals surface area contributed by atoms with Gasteiger partial charge in [0.2, 0.25) is 0 Å². The summed E-state index contributed by atoms with van der Waals surface area (Å²) in [6.07, 6.45) is 6.42. The van der Waals surface area contributed by atoms with Crippen molar-refractivity contribution in [1.29, 1.82) is 0 Å². The van der Waals surface area contributed by atoms with Crippen LogP contribution in [0.3, 0.4) is 0 Å². The van der Waals surface area contributed by atoms with Gasteiger partial charge in [-0.05, 0) is 17.9 Å². The monoisotopic (exact) mass is 275 g/mol. The van der Waals surface area contributed by atoms with Gasteiger partial charge in [0.05, 0.1) is 31.3 Å². The standard InChI is InChI=1S/C14H21N5O/c1-14(2,3)13-6-11(15-17-13)12-8-19(18-16-12)7-10-4-5-20-9-10/h4-5,8-9,11,13,15,17H,6-7H2,1-3H3. The van der Waals surface area contributed by atoms with Gasteiger partial charge >= 0.3 is 0 Å². The molecule has 0 amide bonds. The Hall–Kier alpha value is -1.66. The van der Waals surface area contributed by atoms with Crippen molar-refractivity contribution in [3.63, 3.8) is 0 Å². The van der Waals surface area contributed by atoms with E-state index in [4.69, 9.17) is 4.42 Å².